The molecule has 25 heavy (non-hydrogen) atoms. The van der Waals surface area contributed by atoms with Crippen LogP contribution in [0.3, 0.4) is 0 Å². The van der Waals surface area contributed by atoms with Crippen LogP contribution >= 0.6 is 0 Å². The zero-order valence-electron chi connectivity index (χ0n) is 15.5. The average Bonchev–Trinajstić information content (AvgIpc) is 2.63. The highest BCUT2D eigenvalue weighted by Gasteiger charge is 2.20. The zero-order valence-corrected chi connectivity index (χ0v) is 15.5. The van der Waals surface area contributed by atoms with Gasteiger partial charge in [0.15, 0.2) is 0 Å². The maximum atomic E-state index is 12.2. The van der Waals surface area contributed by atoms with E-state index in [-0.39, 0.29) is 12.0 Å². The molecule has 2 fully saturated rings. The van der Waals surface area contributed by atoms with Gasteiger partial charge in [-0.2, -0.15) is 0 Å². The first-order valence-corrected chi connectivity index (χ1v) is 9.62. The van der Waals surface area contributed by atoms with E-state index in [1.807, 2.05) is 12.1 Å². The monoisotopic (exact) mass is 345 g/mol. The first kappa shape index (κ1) is 18.2. The fourth-order valence-corrected chi connectivity index (χ4v) is 3.64. The summed E-state index contributed by atoms with van der Waals surface area (Å²) in [5.74, 6) is 0.0465. The minimum atomic E-state index is 0.0465. The molecule has 5 nitrogen and oxygen atoms in total. The van der Waals surface area contributed by atoms with Crippen LogP contribution in [0.2, 0.25) is 0 Å². The van der Waals surface area contributed by atoms with Crippen LogP contribution < -0.4 is 10.2 Å². The van der Waals surface area contributed by atoms with Gasteiger partial charge < -0.3 is 15.0 Å². The van der Waals surface area contributed by atoms with Gasteiger partial charge in [0.1, 0.15) is 0 Å². The Morgan fingerprint density at radius 2 is 1.88 bits per heavy atom. The highest BCUT2D eigenvalue weighted by molar-refractivity contribution is 5.91. The number of carbonyl (C=O) groups is 1. The van der Waals surface area contributed by atoms with Crippen LogP contribution in [0.1, 0.15) is 39.5 Å². The molecular formula is C20H31N3O2. The molecule has 0 bridgehead atoms. The summed E-state index contributed by atoms with van der Waals surface area (Å²) in [5.41, 5.74) is 2.10. The van der Waals surface area contributed by atoms with Crippen molar-refractivity contribution >= 4 is 17.3 Å². The third-order valence-electron chi connectivity index (χ3n) is 5.25. The number of nitrogens with zero attached hydrogens (tertiary/aromatic N) is 2. The van der Waals surface area contributed by atoms with Crippen molar-refractivity contribution in [1.82, 2.24) is 4.90 Å². The van der Waals surface area contributed by atoms with Gasteiger partial charge >= 0.3 is 0 Å². The lowest BCUT2D eigenvalue weighted by molar-refractivity contribution is -0.119. The van der Waals surface area contributed by atoms with Gasteiger partial charge in [0.2, 0.25) is 5.91 Å². The van der Waals surface area contributed by atoms with Gasteiger partial charge in [-0.3, -0.25) is 9.69 Å². The van der Waals surface area contributed by atoms with Gasteiger partial charge in [0, 0.05) is 50.2 Å². The maximum absolute atomic E-state index is 12.2. The van der Waals surface area contributed by atoms with Crippen LogP contribution in [0.5, 0.6) is 0 Å². The normalized spacial score (nSPS) is 22.2. The van der Waals surface area contributed by atoms with Crippen LogP contribution in [0.15, 0.2) is 24.3 Å². The van der Waals surface area contributed by atoms with Crippen molar-refractivity contribution in [2.75, 3.05) is 43.0 Å². The lowest BCUT2D eigenvalue weighted by Crippen LogP contribution is -2.48. The predicted molar refractivity (Wildman–Crippen MR) is 102 cm³/mol. The fraction of sp³-hybridized carbons (Fsp3) is 0.650. The van der Waals surface area contributed by atoms with E-state index in [2.05, 4.69) is 41.1 Å². The number of amides is 1. The second-order valence-corrected chi connectivity index (χ2v) is 7.40. The molecule has 2 saturated heterocycles. The Balaban J connectivity index is 1.48. The van der Waals surface area contributed by atoms with E-state index in [4.69, 9.17) is 4.74 Å². The molecular weight excluding hydrogens is 314 g/mol. The smallest absolute Gasteiger partial charge is 0.226 e. The summed E-state index contributed by atoms with van der Waals surface area (Å²) in [6.45, 7) is 9.63. The molecule has 0 aliphatic carbocycles. The molecule has 1 aromatic carbocycles. The number of rotatable bonds is 5. The molecule has 2 aliphatic heterocycles. The Morgan fingerprint density at radius 3 is 2.48 bits per heavy atom. The summed E-state index contributed by atoms with van der Waals surface area (Å²) in [6.07, 6.45) is 3.82. The lowest BCUT2D eigenvalue weighted by Gasteiger charge is -2.38. The van der Waals surface area contributed by atoms with Crippen molar-refractivity contribution in [3.8, 4) is 0 Å². The number of hydrogen-bond acceptors (Lipinski definition) is 4. The Hall–Kier alpha value is -1.59. The van der Waals surface area contributed by atoms with Gasteiger partial charge in [0.05, 0.1) is 12.5 Å². The van der Waals surface area contributed by atoms with E-state index in [0.29, 0.717) is 12.5 Å². The summed E-state index contributed by atoms with van der Waals surface area (Å²) in [7, 11) is 0. The quantitative estimate of drug-likeness (QED) is 0.891. The molecule has 1 atom stereocenters. The number of benzene rings is 1. The van der Waals surface area contributed by atoms with Crippen LogP contribution in [-0.2, 0) is 9.53 Å². The molecule has 1 N–H and O–H groups in total. The molecule has 2 aliphatic rings. The number of anilines is 2. The highest BCUT2D eigenvalue weighted by atomic mass is 16.5. The lowest BCUT2D eigenvalue weighted by atomic mass is 10.1. The van der Waals surface area contributed by atoms with Crippen molar-refractivity contribution < 1.29 is 9.53 Å². The number of hydrogen-bond donors (Lipinski definition) is 1. The molecule has 1 aromatic rings. The minimum Gasteiger partial charge on any atom is -0.378 e. The van der Waals surface area contributed by atoms with Gasteiger partial charge in [-0.1, -0.05) is 0 Å². The van der Waals surface area contributed by atoms with Crippen molar-refractivity contribution in [1.29, 1.82) is 0 Å². The van der Waals surface area contributed by atoms with Crippen LogP contribution in [0.4, 0.5) is 11.4 Å². The number of nitrogens with one attached hydrogen (secondary N) is 1. The highest BCUT2D eigenvalue weighted by Crippen LogP contribution is 2.21. The summed E-state index contributed by atoms with van der Waals surface area (Å²) in [4.78, 5) is 17.1. The summed E-state index contributed by atoms with van der Waals surface area (Å²) < 4.78 is 5.64. The van der Waals surface area contributed by atoms with Crippen LogP contribution in [0, 0.1) is 0 Å². The Morgan fingerprint density at radius 1 is 1.16 bits per heavy atom. The molecule has 0 spiro atoms. The average molecular weight is 345 g/mol. The molecule has 0 radical (unpaired) electrons. The number of piperazine rings is 1. The van der Waals surface area contributed by atoms with E-state index in [0.717, 1.165) is 57.7 Å². The summed E-state index contributed by atoms with van der Waals surface area (Å²) in [6, 6.07) is 8.84. The Labute approximate surface area is 151 Å². The van der Waals surface area contributed by atoms with Gasteiger partial charge in [-0.05, 0) is 57.4 Å². The van der Waals surface area contributed by atoms with Crippen molar-refractivity contribution in [3.63, 3.8) is 0 Å². The van der Waals surface area contributed by atoms with E-state index in [1.165, 1.54) is 5.69 Å². The first-order chi connectivity index (χ1) is 12.1. The second-order valence-electron chi connectivity index (χ2n) is 7.40. The van der Waals surface area contributed by atoms with Crippen molar-refractivity contribution in [3.05, 3.63) is 24.3 Å². The molecule has 0 saturated carbocycles. The van der Waals surface area contributed by atoms with Gasteiger partial charge in [-0.25, -0.2) is 0 Å². The van der Waals surface area contributed by atoms with Crippen LogP contribution in [0.25, 0.3) is 0 Å². The third-order valence-corrected chi connectivity index (χ3v) is 5.25. The summed E-state index contributed by atoms with van der Waals surface area (Å²) in [5, 5.41) is 3.00. The SMILES string of the molecule is CC(C)N1CCN(c2ccc(NC(=O)CC3CCCCO3)cc2)CC1. The molecule has 1 amide bonds. The van der Waals surface area contributed by atoms with Gasteiger partial charge in [0.25, 0.3) is 0 Å². The molecule has 0 aromatic heterocycles. The number of ether oxygens (including phenoxy) is 1. The second kappa shape index (κ2) is 8.68. The fourth-order valence-electron chi connectivity index (χ4n) is 3.64. The predicted octanol–water partition coefficient (Wildman–Crippen LogP) is 3.11. The first-order valence-electron chi connectivity index (χ1n) is 9.62. The van der Waals surface area contributed by atoms with E-state index < -0.39 is 0 Å². The topological polar surface area (TPSA) is 44.8 Å². The molecule has 5 heteroatoms. The standard InChI is InChI=1S/C20H31N3O2/c1-16(2)22-10-12-23(13-11-22)18-8-6-17(7-9-18)21-20(24)15-19-5-3-4-14-25-19/h6-9,16,19H,3-5,10-15H2,1-2H3,(H,21,24). The van der Waals surface area contributed by atoms with Gasteiger partial charge in [-0.15, -0.1) is 0 Å². The molecule has 138 valence electrons. The minimum absolute atomic E-state index is 0.0465. The maximum Gasteiger partial charge on any atom is 0.226 e. The largest absolute Gasteiger partial charge is 0.378 e. The van der Waals surface area contributed by atoms with Crippen LogP contribution in [-0.4, -0.2) is 55.7 Å². The van der Waals surface area contributed by atoms with E-state index in [9.17, 15) is 4.79 Å². The van der Waals surface area contributed by atoms with Crippen molar-refractivity contribution in [2.45, 2.75) is 51.7 Å². The Kier molecular flexibility index (Phi) is 6.32. The molecule has 1 unspecified atom stereocenters. The Bertz CT molecular complexity index is 545. The molecule has 2 heterocycles. The number of carbonyl (C=O) groups excluding carboxylic acids is 1. The third kappa shape index (κ3) is 5.19. The molecule has 3 rings (SSSR count). The van der Waals surface area contributed by atoms with E-state index in [1.54, 1.807) is 0 Å². The van der Waals surface area contributed by atoms with Crippen molar-refractivity contribution in [2.24, 2.45) is 0 Å². The summed E-state index contributed by atoms with van der Waals surface area (Å²) >= 11 is 0. The van der Waals surface area contributed by atoms with E-state index >= 15 is 0 Å². The zero-order chi connectivity index (χ0) is 17.6.